The molecule has 4 aliphatic carbocycles. The van der Waals surface area contributed by atoms with E-state index in [1.165, 1.54) is 43.4 Å². The van der Waals surface area contributed by atoms with Crippen molar-refractivity contribution in [2.75, 3.05) is 6.54 Å². The lowest BCUT2D eigenvalue weighted by molar-refractivity contribution is -0.125. The predicted octanol–water partition coefficient (Wildman–Crippen LogP) is 3.20. The Labute approximate surface area is 147 Å². The summed E-state index contributed by atoms with van der Waals surface area (Å²) in [6, 6.07) is 4.11. The Morgan fingerprint density at radius 2 is 1.79 bits per heavy atom. The first-order chi connectivity index (χ1) is 11.7. The van der Waals surface area contributed by atoms with Gasteiger partial charge < -0.3 is 10.6 Å². The SMILES string of the molecule is O=C(CCCNC(=O)c1cccs1)NC1C2CC3CC(C2)CC1C3. The van der Waals surface area contributed by atoms with Crippen LogP contribution in [0.25, 0.3) is 0 Å². The van der Waals surface area contributed by atoms with Crippen molar-refractivity contribution in [1.29, 1.82) is 0 Å². The lowest BCUT2D eigenvalue weighted by atomic mass is 9.54. The highest BCUT2D eigenvalue weighted by atomic mass is 32.1. The van der Waals surface area contributed by atoms with Crippen LogP contribution in [0.1, 0.15) is 54.6 Å². The van der Waals surface area contributed by atoms with Gasteiger partial charge >= 0.3 is 0 Å². The molecule has 0 aromatic carbocycles. The molecule has 1 heterocycles. The van der Waals surface area contributed by atoms with Crippen LogP contribution in [0, 0.1) is 23.7 Å². The highest BCUT2D eigenvalue weighted by Crippen LogP contribution is 2.53. The minimum absolute atomic E-state index is 0.0357. The van der Waals surface area contributed by atoms with E-state index in [2.05, 4.69) is 10.6 Å². The fraction of sp³-hybridized carbons (Fsp3) is 0.684. The van der Waals surface area contributed by atoms with Crippen molar-refractivity contribution in [3.05, 3.63) is 22.4 Å². The zero-order chi connectivity index (χ0) is 16.5. The third kappa shape index (κ3) is 3.37. The number of amides is 2. The second kappa shape index (κ2) is 6.87. The van der Waals surface area contributed by atoms with Gasteiger partial charge in [-0.05, 0) is 73.6 Å². The molecule has 0 atom stereocenters. The monoisotopic (exact) mass is 346 g/mol. The number of nitrogens with one attached hydrogen (secondary N) is 2. The maximum absolute atomic E-state index is 12.3. The van der Waals surface area contributed by atoms with Crippen LogP contribution in [0.5, 0.6) is 0 Å². The van der Waals surface area contributed by atoms with Crippen LogP contribution in [-0.4, -0.2) is 24.4 Å². The average molecular weight is 346 g/mol. The van der Waals surface area contributed by atoms with Gasteiger partial charge in [-0.25, -0.2) is 0 Å². The van der Waals surface area contributed by atoms with Crippen LogP contribution in [-0.2, 0) is 4.79 Å². The van der Waals surface area contributed by atoms with Gasteiger partial charge in [0.15, 0.2) is 0 Å². The van der Waals surface area contributed by atoms with E-state index in [4.69, 9.17) is 0 Å². The van der Waals surface area contributed by atoms with E-state index in [0.717, 1.165) is 28.5 Å². The zero-order valence-corrected chi connectivity index (χ0v) is 14.8. The summed E-state index contributed by atoms with van der Waals surface area (Å²) < 4.78 is 0. The third-order valence-corrected chi connectivity index (χ3v) is 7.03. The third-order valence-electron chi connectivity index (χ3n) is 6.17. The number of hydrogen-bond donors (Lipinski definition) is 2. The molecule has 1 aromatic rings. The smallest absolute Gasteiger partial charge is 0.261 e. The molecule has 4 aliphatic rings. The molecule has 0 unspecified atom stereocenters. The Bertz CT molecular complexity index is 571. The van der Waals surface area contributed by atoms with Gasteiger partial charge in [-0.3, -0.25) is 9.59 Å². The Morgan fingerprint density at radius 3 is 2.42 bits per heavy atom. The van der Waals surface area contributed by atoms with Crippen LogP contribution < -0.4 is 10.6 Å². The van der Waals surface area contributed by atoms with Crippen molar-refractivity contribution in [2.24, 2.45) is 23.7 Å². The van der Waals surface area contributed by atoms with Crippen LogP contribution in [0.2, 0.25) is 0 Å². The van der Waals surface area contributed by atoms with Gasteiger partial charge in [-0.15, -0.1) is 11.3 Å². The highest BCUT2D eigenvalue weighted by Gasteiger charge is 2.48. The molecule has 0 radical (unpaired) electrons. The summed E-state index contributed by atoms with van der Waals surface area (Å²) in [6.45, 7) is 0.561. The Hall–Kier alpha value is -1.36. The van der Waals surface area contributed by atoms with E-state index >= 15 is 0 Å². The van der Waals surface area contributed by atoms with Crippen LogP contribution in [0.3, 0.4) is 0 Å². The number of carbonyl (C=O) groups excluding carboxylic acids is 2. The molecule has 24 heavy (non-hydrogen) atoms. The molecule has 4 saturated carbocycles. The fourth-order valence-electron chi connectivity index (χ4n) is 5.36. The molecule has 5 rings (SSSR count). The second-order valence-corrected chi connectivity index (χ2v) is 8.81. The molecule has 4 nitrogen and oxygen atoms in total. The average Bonchev–Trinajstić information content (AvgIpc) is 3.09. The Balaban J connectivity index is 1.18. The molecule has 0 spiro atoms. The van der Waals surface area contributed by atoms with Crippen molar-refractivity contribution in [2.45, 2.75) is 51.0 Å². The molecule has 4 fully saturated rings. The van der Waals surface area contributed by atoms with E-state index in [9.17, 15) is 9.59 Å². The highest BCUT2D eigenvalue weighted by molar-refractivity contribution is 7.12. The number of thiophene rings is 1. The maximum Gasteiger partial charge on any atom is 0.261 e. The standard InChI is InChI=1S/C19H26N2O2S/c22-17(4-1-5-20-19(23)16-3-2-6-24-16)21-18-14-8-12-7-13(10-14)11-15(18)9-12/h2-3,6,12-15,18H,1,4-5,7-11H2,(H,20,23)(H,21,22). The van der Waals surface area contributed by atoms with Crippen molar-refractivity contribution >= 4 is 23.2 Å². The lowest BCUT2D eigenvalue weighted by Crippen LogP contribution is -2.55. The zero-order valence-electron chi connectivity index (χ0n) is 14.0. The Morgan fingerprint density at radius 1 is 1.08 bits per heavy atom. The van der Waals surface area contributed by atoms with Crippen molar-refractivity contribution in [1.82, 2.24) is 10.6 Å². The van der Waals surface area contributed by atoms with Crippen LogP contribution in [0.15, 0.2) is 17.5 Å². The van der Waals surface area contributed by atoms with Crippen molar-refractivity contribution < 1.29 is 9.59 Å². The van der Waals surface area contributed by atoms with Gasteiger partial charge in [0.1, 0.15) is 0 Å². The van der Waals surface area contributed by atoms with E-state index in [0.29, 0.717) is 25.4 Å². The van der Waals surface area contributed by atoms with E-state index in [-0.39, 0.29) is 11.8 Å². The summed E-state index contributed by atoms with van der Waals surface area (Å²) in [4.78, 5) is 24.8. The summed E-state index contributed by atoms with van der Waals surface area (Å²) in [7, 11) is 0. The maximum atomic E-state index is 12.3. The lowest BCUT2D eigenvalue weighted by Gasteiger charge is -2.54. The first kappa shape index (κ1) is 16.1. The molecule has 4 bridgehead atoms. The fourth-order valence-corrected chi connectivity index (χ4v) is 6.00. The number of hydrogen-bond acceptors (Lipinski definition) is 3. The quantitative estimate of drug-likeness (QED) is 0.777. The van der Waals surface area contributed by atoms with Crippen molar-refractivity contribution in [3.8, 4) is 0 Å². The van der Waals surface area contributed by atoms with Gasteiger partial charge in [-0.2, -0.15) is 0 Å². The molecule has 2 N–H and O–H groups in total. The molecule has 2 amide bonds. The molecule has 130 valence electrons. The normalized spacial score (nSPS) is 33.4. The van der Waals surface area contributed by atoms with Gasteiger partial charge in [0, 0.05) is 19.0 Å². The minimum atomic E-state index is -0.0357. The molecular weight excluding hydrogens is 320 g/mol. The largest absolute Gasteiger partial charge is 0.353 e. The summed E-state index contributed by atoms with van der Waals surface area (Å²) in [6.07, 6.45) is 7.97. The van der Waals surface area contributed by atoms with Gasteiger partial charge in [-0.1, -0.05) is 6.07 Å². The summed E-state index contributed by atoms with van der Waals surface area (Å²) >= 11 is 1.44. The van der Waals surface area contributed by atoms with E-state index < -0.39 is 0 Å². The molecule has 0 saturated heterocycles. The topological polar surface area (TPSA) is 58.2 Å². The molecule has 1 aromatic heterocycles. The Kier molecular flexibility index (Phi) is 4.61. The summed E-state index contributed by atoms with van der Waals surface area (Å²) in [5.41, 5.74) is 0. The molecule has 0 aliphatic heterocycles. The predicted molar refractivity (Wildman–Crippen MR) is 94.9 cm³/mol. The molecular formula is C19H26N2O2S. The van der Waals surface area contributed by atoms with E-state index in [1.807, 2.05) is 17.5 Å². The summed E-state index contributed by atoms with van der Waals surface area (Å²) in [5, 5.41) is 8.11. The first-order valence-electron chi connectivity index (χ1n) is 9.30. The van der Waals surface area contributed by atoms with Crippen molar-refractivity contribution in [3.63, 3.8) is 0 Å². The second-order valence-electron chi connectivity index (χ2n) is 7.86. The van der Waals surface area contributed by atoms with Gasteiger partial charge in [0.05, 0.1) is 4.88 Å². The van der Waals surface area contributed by atoms with Crippen LogP contribution in [0.4, 0.5) is 0 Å². The van der Waals surface area contributed by atoms with Gasteiger partial charge in [0.25, 0.3) is 5.91 Å². The molecule has 5 heteroatoms. The van der Waals surface area contributed by atoms with Gasteiger partial charge in [0.2, 0.25) is 5.91 Å². The first-order valence-corrected chi connectivity index (χ1v) is 10.2. The number of rotatable bonds is 6. The minimum Gasteiger partial charge on any atom is -0.353 e. The summed E-state index contributed by atoms with van der Waals surface area (Å²) in [5.74, 6) is 3.46. The van der Waals surface area contributed by atoms with E-state index in [1.54, 1.807) is 0 Å². The van der Waals surface area contributed by atoms with Crippen LogP contribution >= 0.6 is 11.3 Å². The number of carbonyl (C=O) groups is 2.